The summed E-state index contributed by atoms with van der Waals surface area (Å²) in [5, 5.41) is 0. The maximum Gasteiger partial charge on any atom is 0.330 e. The first kappa shape index (κ1) is 12.4. The molecule has 1 aromatic carbocycles. The van der Waals surface area contributed by atoms with Gasteiger partial charge in [-0.25, -0.2) is 4.79 Å². The van der Waals surface area contributed by atoms with Gasteiger partial charge in [0.25, 0.3) is 0 Å². The summed E-state index contributed by atoms with van der Waals surface area (Å²) in [5.41, 5.74) is 2.28. The molecule has 2 rings (SSSR count). The molecule has 0 spiro atoms. The van der Waals surface area contributed by atoms with Crippen LogP contribution in [0.1, 0.15) is 23.5 Å². The molecule has 0 N–H and O–H groups in total. The molecule has 0 aromatic heterocycles. The minimum atomic E-state index is -0.389. The Bertz CT molecular complexity index is 480. The molecule has 1 aliphatic rings. The Morgan fingerprint density at radius 2 is 2.11 bits per heavy atom. The van der Waals surface area contributed by atoms with Crippen molar-refractivity contribution in [3.05, 3.63) is 72.4 Å². The van der Waals surface area contributed by atoms with Crippen LogP contribution in [0.25, 0.3) is 0 Å². The molecule has 0 saturated carbocycles. The molecule has 0 saturated heterocycles. The molecule has 0 fully saturated rings. The molecule has 1 atom stereocenters. The van der Waals surface area contributed by atoms with E-state index < -0.39 is 0 Å². The minimum absolute atomic E-state index is 0.297. The van der Waals surface area contributed by atoms with Crippen LogP contribution < -0.4 is 0 Å². The highest BCUT2D eigenvalue weighted by Crippen LogP contribution is 2.24. The van der Waals surface area contributed by atoms with Gasteiger partial charge in [-0.3, -0.25) is 0 Å². The van der Waals surface area contributed by atoms with Crippen molar-refractivity contribution in [2.24, 2.45) is 0 Å². The van der Waals surface area contributed by atoms with Crippen molar-refractivity contribution >= 4 is 5.97 Å². The second-order valence-electron chi connectivity index (χ2n) is 4.21. The van der Waals surface area contributed by atoms with Crippen LogP contribution in [0.3, 0.4) is 0 Å². The highest BCUT2D eigenvalue weighted by Gasteiger charge is 2.08. The summed E-state index contributed by atoms with van der Waals surface area (Å²) in [4.78, 5) is 10.9. The van der Waals surface area contributed by atoms with E-state index >= 15 is 0 Å². The quantitative estimate of drug-likeness (QED) is 0.594. The van der Waals surface area contributed by atoms with Crippen LogP contribution in [-0.2, 0) is 16.1 Å². The summed E-state index contributed by atoms with van der Waals surface area (Å²) in [7, 11) is 0. The van der Waals surface area contributed by atoms with Crippen LogP contribution in [0, 0.1) is 0 Å². The standard InChI is InChI=1S/C16H16O2/c1-2-16(17)18-12-13-8-10-15(11-9-13)14-6-4-3-5-7-14/h2-6,8-11,14H,1,7,12H2. The number of rotatable bonds is 4. The topological polar surface area (TPSA) is 26.3 Å². The third-order valence-corrected chi connectivity index (χ3v) is 2.94. The Labute approximate surface area is 107 Å². The second kappa shape index (κ2) is 6.01. The molecular weight excluding hydrogens is 224 g/mol. The van der Waals surface area contributed by atoms with Gasteiger partial charge in [-0.15, -0.1) is 0 Å². The molecule has 0 aliphatic heterocycles. The Balaban J connectivity index is 1.97. The summed E-state index contributed by atoms with van der Waals surface area (Å²) < 4.78 is 4.98. The number of esters is 1. The normalized spacial score (nSPS) is 17.4. The molecule has 2 heteroatoms. The third kappa shape index (κ3) is 3.20. The smallest absolute Gasteiger partial charge is 0.330 e. The Morgan fingerprint density at radius 1 is 1.33 bits per heavy atom. The lowest BCUT2D eigenvalue weighted by molar-refractivity contribution is -0.138. The molecule has 0 radical (unpaired) electrons. The van der Waals surface area contributed by atoms with E-state index in [1.807, 2.05) is 12.1 Å². The number of carbonyl (C=O) groups is 1. The van der Waals surface area contributed by atoms with Crippen LogP contribution in [-0.4, -0.2) is 5.97 Å². The average molecular weight is 240 g/mol. The average Bonchev–Trinajstić information content (AvgIpc) is 2.46. The summed E-state index contributed by atoms with van der Waals surface area (Å²) in [5.74, 6) is 0.0687. The number of hydrogen-bond donors (Lipinski definition) is 0. The van der Waals surface area contributed by atoms with Gasteiger partial charge in [-0.1, -0.05) is 55.1 Å². The van der Waals surface area contributed by atoms with Gasteiger partial charge >= 0.3 is 5.97 Å². The largest absolute Gasteiger partial charge is 0.458 e. The Morgan fingerprint density at radius 3 is 2.72 bits per heavy atom. The molecule has 1 aromatic rings. The maximum absolute atomic E-state index is 10.9. The molecule has 1 aliphatic carbocycles. The zero-order valence-corrected chi connectivity index (χ0v) is 10.2. The maximum atomic E-state index is 10.9. The molecule has 0 heterocycles. The molecule has 92 valence electrons. The van der Waals surface area contributed by atoms with E-state index in [1.54, 1.807) is 0 Å². The SMILES string of the molecule is C=CC(=O)OCc1ccc(C2C=CC=CC2)cc1. The van der Waals surface area contributed by atoms with Crippen molar-refractivity contribution in [2.45, 2.75) is 18.9 Å². The Kier molecular flexibility index (Phi) is 4.13. The van der Waals surface area contributed by atoms with Crippen molar-refractivity contribution in [1.82, 2.24) is 0 Å². The molecule has 0 amide bonds. The molecule has 18 heavy (non-hydrogen) atoms. The predicted molar refractivity (Wildman–Crippen MR) is 72.1 cm³/mol. The van der Waals surface area contributed by atoms with Crippen molar-refractivity contribution in [3.63, 3.8) is 0 Å². The summed E-state index contributed by atoms with van der Waals surface area (Å²) >= 11 is 0. The van der Waals surface area contributed by atoms with E-state index in [-0.39, 0.29) is 5.97 Å². The van der Waals surface area contributed by atoms with Gasteiger partial charge in [0.05, 0.1) is 0 Å². The predicted octanol–water partition coefficient (Wildman–Crippen LogP) is 3.52. The van der Waals surface area contributed by atoms with Crippen LogP contribution in [0.4, 0.5) is 0 Å². The van der Waals surface area contributed by atoms with Gasteiger partial charge in [-0.2, -0.15) is 0 Å². The Hall–Kier alpha value is -2.09. The molecule has 0 bridgehead atoms. The monoisotopic (exact) mass is 240 g/mol. The highest BCUT2D eigenvalue weighted by atomic mass is 16.5. The zero-order valence-electron chi connectivity index (χ0n) is 10.2. The van der Waals surface area contributed by atoms with E-state index in [1.165, 1.54) is 11.6 Å². The first-order valence-corrected chi connectivity index (χ1v) is 6.01. The fourth-order valence-electron chi connectivity index (χ4n) is 1.90. The fourth-order valence-corrected chi connectivity index (χ4v) is 1.90. The second-order valence-corrected chi connectivity index (χ2v) is 4.21. The number of carbonyl (C=O) groups excluding carboxylic acids is 1. The molecular formula is C16H16O2. The van der Waals surface area contributed by atoms with Crippen LogP contribution >= 0.6 is 0 Å². The van der Waals surface area contributed by atoms with Crippen molar-refractivity contribution in [3.8, 4) is 0 Å². The van der Waals surface area contributed by atoms with Gasteiger partial charge in [0.2, 0.25) is 0 Å². The summed E-state index contributed by atoms with van der Waals surface area (Å²) in [6, 6.07) is 8.17. The van der Waals surface area contributed by atoms with Crippen LogP contribution in [0.2, 0.25) is 0 Å². The van der Waals surface area contributed by atoms with Gasteiger partial charge < -0.3 is 4.74 Å². The first-order chi connectivity index (χ1) is 8.79. The number of allylic oxidation sites excluding steroid dienone is 4. The lowest BCUT2D eigenvalue weighted by Crippen LogP contribution is -2.01. The van der Waals surface area contributed by atoms with E-state index in [9.17, 15) is 4.79 Å². The van der Waals surface area contributed by atoms with Crippen molar-refractivity contribution < 1.29 is 9.53 Å². The number of ether oxygens (including phenoxy) is 1. The van der Waals surface area contributed by atoms with Crippen molar-refractivity contribution in [1.29, 1.82) is 0 Å². The molecule has 1 unspecified atom stereocenters. The lowest BCUT2D eigenvalue weighted by Gasteiger charge is -2.13. The third-order valence-electron chi connectivity index (χ3n) is 2.94. The van der Waals surface area contributed by atoms with Gasteiger partial charge in [0.1, 0.15) is 6.61 Å². The van der Waals surface area contributed by atoms with E-state index in [4.69, 9.17) is 4.74 Å². The van der Waals surface area contributed by atoms with E-state index in [0.29, 0.717) is 12.5 Å². The van der Waals surface area contributed by atoms with Gasteiger partial charge in [0, 0.05) is 12.0 Å². The summed E-state index contributed by atoms with van der Waals surface area (Å²) in [6.45, 7) is 3.66. The minimum Gasteiger partial charge on any atom is -0.458 e. The van der Waals surface area contributed by atoms with E-state index in [0.717, 1.165) is 12.0 Å². The number of hydrogen-bond acceptors (Lipinski definition) is 2. The highest BCUT2D eigenvalue weighted by molar-refractivity contribution is 5.81. The first-order valence-electron chi connectivity index (χ1n) is 6.01. The van der Waals surface area contributed by atoms with Crippen molar-refractivity contribution in [2.75, 3.05) is 0 Å². The molecule has 2 nitrogen and oxygen atoms in total. The van der Waals surface area contributed by atoms with Gasteiger partial charge in [0.15, 0.2) is 0 Å². The van der Waals surface area contributed by atoms with Gasteiger partial charge in [-0.05, 0) is 17.5 Å². The van der Waals surface area contributed by atoms with E-state index in [2.05, 4.69) is 43.0 Å². The fraction of sp³-hybridized carbons (Fsp3) is 0.188. The lowest BCUT2D eigenvalue weighted by atomic mass is 9.92. The zero-order chi connectivity index (χ0) is 12.8. The van der Waals surface area contributed by atoms with Crippen LogP contribution in [0.5, 0.6) is 0 Å². The van der Waals surface area contributed by atoms with Crippen LogP contribution in [0.15, 0.2) is 61.2 Å². The summed E-state index contributed by atoms with van der Waals surface area (Å²) in [6.07, 6.45) is 10.7. The number of benzene rings is 1.